The summed E-state index contributed by atoms with van der Waals surface area (Å²) in [6.45, 7) is 2.06. The maximum absolute atomic E-state index is 11.8. The summed E-state index contributed by atoms with van der Waals surface area (Å²) >= 11 is 5.78. The molecule has 0 aliphatic carbocycles. The first kappa shape index (κ1) is 13.8. The first-order valence-electron chi connectivity index (χ1n) is 6.21. The largest absolute Gasteiger partial charge is 0.337 e. The standard InChI is InChI=1S/C14H16ClN3O/c15-13-4-2-12(3-5-13)14(19)10-16-6-1-8-18-9-7-17-11-18/h2-5,7,9,11,16H,1,6,8,10H2. The van der Waals surface area contributed by atoms with Gasteiger partial charge in [0.05, 0.1) is 12.9 Å². The van der Waals surface area contributed by atoms with Crippen molar-refractivity contribution in [2.45, 2.75) is 13.0 Å². The fourth-order valence-corrected chi connectivity index (χ4v) is 1.87. The summed E-state index contributed by atoms with van der Waals surface area (Å²) in [5.74, 6) is 0.0827. The zero-order chi connectivity index (χ0) is 13.5. The molecule has 0 saturated carbocycles. The smallest absolute Gasteiger partial charge is 0.176 e. The highest BCUT2D eigenvalue weighted by Crippen LogP contribution is 2.09. The number of hydrogen-bond acceptors (Lipinski definition) is 3. The molecule has 4 nitrogen and oxygen atoms in total. The minimum atomic E-state index is 0.0827. The lowest BCUT2D eigenvalue weighted by Gasteiger charge is -2.05. The minimum absolute atomic E-state index is 0.0827. The predicted molar refractivity (Wildman–Crippen MR) is 75.5 cm³/mol. The quantitative estimate of drug-likeness (QED) is 0.624. The summed E-state index contributed by atoms with van der Waals surface area (Å²) in [6.07, 6.45) is 6.44. The number of halogens is 1. The van der Waals surface area contributed by atoms with Crippen LogP contribution in [-0.4, -0.2) is 28.4 Å². The highest BCUT2D eigenvalue weighted by molar-refractivity contribution is 6.30. The number of nitrogens with one attached hydrogen (secondary N) is 1. The van der Waals surface area contributed by atoms with Crippen LogP contribution in [0.2, 0.25) is 5.02 Å². The third-order valence-electron chi connectivity index (χ3n) is 2.78. The van der Waals surface area contributed by atoms with Crippen LogP contribution in [0.3, 0.4) is 0 Å². The topological polar surface area (TPSA) is 46.9 Å². The van der Waals surface area contributed by atoms with E-state index in [1.165, 1.54) is 0 Å². The molecule has 2 rings (SSSR count). The van der Waals surface area contributed by atoms with Crippen molar-refractivity contribution in [3.8, 4) is 0 Å². The molecule has 1 N–H and O–H groups in total. The van der Waals surface area contributed by atoms with Crippen LogP contribution in [0.1, 0.15) is 16.8 Å². The molecule has 0 bridgehead atoms. The predicted octanol–water partition coefficient (Wildman–Crippen LogP) is 2.40. The van der Waals surface area contributed by atoms with Crippen LogP contribution in [0.5, 0.6) is 0 Å². The molecule has 1 aromatic carbocycles. The summed E-state index contributed by atoms with van der Waals surface area (Å²) in [6, 6.07) is 6.96. The highest BCUT2D eigenvalue weighted by Gasteiger charge is 2.04. The minimum Gasteiger partial charge on any atom is -0.337 e. The Balaban J connectivity index is 1.65. The van der Waals surface area contributed by atoms with Crippen LogP contribution in [0.15, 0.2) is 43.0 Å². The van der Waals surface area contributed by atoms with E-state index in [-0.39, 0.29) is 5.78 Å². The van der Waals surface area contributed by atoms with Gasteiger partial charge < -0.3 is 9.88 Å². The number of ketones is 1. The summed E-state index contributed by atoms with van der Waals surface area (Å²) < 4.78 is 2.02. The molecule has 0 fully saturated rings. The van der Waals surface area contributed by atoms with Crippen molar-refractivity contribution in [3.63, 3.8) is 0 Å². The summed E-state index contributed by atoms with van der Waals surface area (Å²) in [7, 11) is 0. The van der Waals surface area contributed by atoms with Gasteiger partial charge in [-0.1, -0.05) is 11.6 Å². The molecule has 1 aromatic heterocycles. The summed E-state index contributed by atoms with van der Waals surface area (Å²) in [5, 5.41) is 3.79. The molecular formula is C14H16ClN3O. The Morgan fingerprint density at radius 1 is 1.32 bits per heavy atom. The van der Waals surface area contributed by atoms with Gasteiger partial charge in [0.15, 0.2) is 5.78 Å². The second-order valence-corrected chi connectivity index (χ2v) is 4.70. The van der Waals surface area contributed by atoms with Gasteiger partial charge in [-0.2, -0.15) is 0 Å². The number of rotatable bonds is 7. The van der Waals surface area contributed by atoms with Gasteiger partial charge in [-0.25, -0.2) is 4.98 Å². The van der Waals surface area contributed by atoms with Crippen molar-refractivity contribution in [3.05, 3.63) is 53.6 Å². The van der Waals surface area contributed by atoms with E-state index in [1.807, 2.05) is 10.8 Å². The van der Waals surface area contributed by atoms with Gasteiger partial charge in [0.1, 0.15) is 0 Å². The van der Waals surface area contributed by atoms with E-state index in [2.05, 4.69) is 10.3 Å². The van der Waals surface area contributed by atoms with E-state index in [0.29, 0.717) is 17.1 Å². The number of carbonyl (C=O) groups is 1. The van der Waals surface area contributed by atoms with Gasteiger partial charge in [0, 0.05) is 29.5 Å². The molecule has 0 spiro atoms. The third-order valence-corrected chi connectivity index (χ3v) is 3.03. The highest BCUT2D eigenvalue weighted by atomic mass is 35.5. The van der Waals surface area contributed by atoms with E-state index in [4.69, 9.17) is 11.6 Å². The SMILES string of the molecule is O=C(CNCCCn1ccnc1)c1ccc(Cl)cc1. The second-order valence-electron chi connectivity index (χ2n) is 4.26. The number of aromatic nitrogens is 2. The van der Waals surface area contributed by atoms with Crippen molar-refractivity contribution in [2.24, 2.45) is 0 Å². The monoisotopic (exact) mass is 277 g/mol. The molecule has 0 radical (unpaired) electrons. The summed E-state index contributed by atoms with van der Waals surface area (Å²) in [4.78, 5) is 15.8. The molecule has 0 atom stereocenters. The molecular weight excluding hydrogens is 262 g/mol. The molecule has 5 heteroatoms. The lowest BCUT2D eigenvalue weighted by Crippen LogP contribution is -2.24. The number of benzene rings is 1. The normalized spacial score (nSPS) is 10.6. The number of hydrogen-bond donors (Lipinski definition) is 1. The van der Waals surface area contributed by atoms with Gasteiger partial charge in [0.25, 0.3) is 0 Å². The number of carbonyl (C=O) groups excluding carboxylic acids is 1. The van der Waals surface area contributed by atoms with Crippen LogP contribution in [0.25, 0.3) is 0 Å². The molecule has 19 heavy (non-hydrogen) atoms. The molecule has 2 aromatic rings. The van der Waals surface area contributed by atoms with E-state index >= 15 is 0 Å². The molecule has 0 amide bonds. The number of Topliss-reactive ketones (excluding diaryl/α,β-unsaturated/α-hetero) is 1. The Kier molecular flexibility index (Phi) is 5.12. The van der Waals surface area contributed by atoms with Crippen molar-refractivity contribution in [1.82, 2.24) is 14.9 Å². The number of nitrogens with zero attached hydrogens (tertiary/aromatic N) is 2. The number of aryl methyl sites for hydroxylation is 1. The lowest BCUT2D eigenvalue weighted by molar-refractivity contribution is 0.0991. The Morgan fingerprint density at radius 2 is 2.11 bits per heavy atom. The van der Waals surface area contributed by atoms with Gasteiger partial charge in [-0.05, 0) is 37.2 Å². The van der Waals surface area contributed by atoms with Crippen molar-refractivity contribution in [2.75, 3.05) is 13.1 Å². The first-order chi connectivity index (χ1) is 9.25. The lowest BCUT2D eigenvalue weighted by atomic mass is 10.1. The fourth-order valence-electron chi connectivity index (χ4n) is 1.75. The molecule has 100 valence electrons. The van der Waals surface area contributed by atoms with E-state index in [9.17, 15) is 4.79 Å². The number of imidazole rings is 1. The Bertz CT molecular complexity index is 508. The van der Waals surface area contributed by atoms with Crippen LogP contribution in [-0.2, 0) is 6.54 Å². The van der Waals surface area contributed by atoms with Crippen LogP contribution < -0.4 is 5.32 Å². The van der Waals surface area contributed by atoms with Gasteiger partial charge in [-0.3, -0.25) is 4.79 Å². The Labute approximate surface area is 117 Å². The Hall–Kier alpha value is -1.65. The van der Waals surface area contributed by atoms with Gasteiger partial charge in [0.2, 0.25) is 0 Å². The zero-order valence-electron chi connectivity index (χ0n) is 10.6. The molecule has 1 heterocycles. The maximum Gasteiger partial charge on any atom is 0.176 e. The van der Waals surface area contributed by atoms with Crippen molar-refractivity contribution < 1.29 is 4.79 Å². The molecule has 0 aliphatic rings. The van der Waals surface area contributed by atoms with E-state index in [0.717, 1.165) is 19.5 Å². The van der Waals surface area contributed by atoms with Crippen LogP contribution in [0.4, 0.5) is 0 Å². The Morgan fingerprint density at radius 3 is 2.79 bits per heavy atom. The first-order valence-corrected chi connectivity index (χ1v) is 6.59. The zero-order valence-corrected chi connectivity index (χ0v) is 11.3. The van der Waals surface area contributed by atoms with Crippen molar-refractivity contribution in [1.29, 1.82) is 0 Å². The average Bonchev–Trinajstić information content (AvgIpc) is 2.92. The summed E-state index contributed by atoms with van der Waals surface area (Å²) in [5.41, 5.74) is 0.687. The van der Waals surface area contributed by atoms with Gasteiger partial charge in [-0.15, -0.1) is 0 Å². The third kappa shape index (κ3) is 4.50. The van der Waals surface area contributed by atoms with Crippen molar-refractivity contribution >= 4 is 17.4 Å². The van der Waals surface area contributed by atoms with Crippen LogP contribution >= 0.6 is 11.6 Å². The van der Waals surface area contributed by atoms with Crippen LogP contribution in [0, 0.1) is 0 Å². The average molecular weight is 278 g/mol. The molecule has 0 aliphatic heterocycles. The molecule has 0 unspecified atom stereocenters. The second kappa shape index (κ2) is 7.07. The molecule has 0 saturated heterocycles. The van der Waals surface area contributed by atoms with E-state index < -0.39 is 0 Å². The maximum atomic E-state index is 11.8. The van der Waals surface area contributed by atoms with E-state index in [1.54, 1.807) is 36.8 Å². The van der Waals surface area contributed by atoms with Gasteiger partial charge >= 0.3 is 0 Å². The fraction of sp³-hybridized carbons (Fsp3) is 0.286.